The predicted molar refractivity (Wildman–Crippen MR) is 82.8 cm³/mol. The highest BCUT2D eigenvalue weighted by molar-refractivity contribution is 5.72. The summed E-state index contributed by atoms with van der Waals surface area (Å²) in [4.78, 5) is 0. The number of nitrogen functional groups attached to an aromatic ring is 1. The zero-order chi connectivity index (χ0) is 13.9. The third-order valence-electron chi connectivity index (χ3n) is 3.40. The zero-order valence-corrected chi connectivity index (χ0v) is 11.5. The molecule has 3 aromatic rings. The molecular weight excluding hydrogens is 246 g/mol. The van der Waals surface area contributed by atoms with Crippen molar-refractivity contribution in [1.82, 2.24) is 9.78 Å². The van der Waals surface area contributed by atoms with E-state index >= 15 is 0 Å². The Morgan fingerprint density at radius 2 is 1.70 bits per heavy atom. The first-order valence-corrected chi connectivity index (χ1v) is 6.78. The molecule has 3 nitrogen and oxygen atoms in total. The highest BCUT2D eigenvalue weighted by Crippen LogP contribution is 2.25. The minimum Gasteiger partial charge on any atom is -0.396 e. The van der Waals surface area contributed by atoms with Crippen molar-refractivity contribution in [2.24, 2.45) is 0 Å². The topological polar surface area (TPSA) is 43.8 Å². The van der Waals surface area contributed by atoms with Crippen molar-refractivity contribution in [3.05, 3.63) is 66.4 Å². The Labute approximate surface area is 118 Å². The highest BCUT2D eigenvalue weighted by atomic mass is 15.3. The molecule has 2 N–H and O–H groups in total. The number of para-hydroxylation sites is 1. The molecule has 0 saturated carbocycles. The van der Waals surface area contributed by atoms with Gasteiger partial charge in [0.05, 0.1) is 17.6 Å². The first kappa shape index (κ1) is 12.5. The molecule has 0 unspecified atom stereocenters. The van der Waals surface area contributed by atoms with Gasteiger partial charge in [-0.1, -0.05) is 49.4 Å². The largest absolute Gasteiger partial charge is 0.396 e. The van der Waals surface area contributed by atoms with Gasteiger partial charge < -0.3 is 5.73 Å². The van der Waals surface area contributed by atoms with Gasteiger partial charge in [-0.3, -0.25) is 0 Å². The van der Waals surface area contributed by atoms with E-state index in [-0.39, 0.29) is 0 Å². The SMILES string of the molecule is CCc1ccc(-c2nn(-c3ccccc3)cc2N)cc1. The Kier molecular flexibility index (Phi) is 3.25. The summed E-state index contributed by atoms with van der Waals surface area (Å²) in [6, 6.07) is 18.4. The van der Waals surface area contributed by atoms with Crippen LogP contribution in [0, 0.1) is 0 Å². The Morgan fingerprint density at radius 1 is 1.00 bits per heavy atom. The molecule has 1 aromatic heterocycles. The van der Waals surface area contributed by atoms with Crippen LogP contribution >= 0.6 is 0 Å². The smallest absolute Gasteiger partial charge is 0.116 e. The summed E-state index contributed by atoms with van der Waals surface area (Å²) in [7, 11) is 0. The summed E-state index contributed by atoms with van der Waals surface area (Å²) in [6.45, 7) is 2.15. The molecule has 0 radical (unpaired) electrons. The van der Waals surface area contributed by atoms with E-state index in [2.05, 4.69) is 36.3 Å². The number of rotatable bonds is 3. The maximum Gasteiger partial charge on any atom is 0.116 e. The van der Waals surface area contributed by atoms with E-state index in [1.54, 1.807) is 0 Å². The number of hydrogen-bond donors (Lipinski definition) is 1. The monoisotopic (exact) mass is 263 g/mol. The molecule has 0 fully saturated rings. The van der Waals surface area contributed by atoms with E-state index in [9.17, 15) is 0 Å². The average molecular weight is 263 g/mol. The lowest BCUT2D eigenvalue weighted by Crippen LogP contribution is -1.94. The van der Waals surface area contributed by atoms with Gasteiger partial charge in [0.1, 0.15) is 5.69 Å². The Balaban J connectivity index is 2.00. The summed E-state index contributed by atoms with van der Waals surface area (Å²) in [6.07, 6.45) is 2.90. The number of aryl methyl sites for hydroxylation is 1. The van der Waals surface area contributed by atoms with Gasteiger partial charge in [-0.15, -0.1) is 0 Å². The van der Waals surface area contributed by atoms with Gasteiger partial charge in [0, 0.05) is 5.56 Å². The predicted octanol–water partition coefficient (Wildman–Crippen LogP) is 3.68. The molecule has 3 heteroatoms. The summed E-state index contributed by atoms with van der Waals surface area (Å²) >= 11 is 0. The first-order chi connectivity index (χ1) is 9.78. The van der Waals surface area contributed by atoms with E-state index in [1.807, 2.05) is 41.2 Å². The van der Waals surface area contributed by atoms with Crippen molar-refractivity contribution in [3.8, 4) is 16.9 Å². The fourth-order valence-corrected chi connectivity index (χ4v) is 2.22. The zero-order valence-electron chi connectivity index (χ0n) is 11.5. The molecule has 0 aliphatic heterocycles. The molecule has 0 aliphatic carbocycles. The second-order valence-corrected chi connectivity index (χ2v) is 4.76. The quantitative estimate of drug-likeness (QED) is 0.783. The Morgan fingerprint density at radius 3 is 2.35 bits per heavy atom. The highest BCUT2D eigenvalue weighted by Gasteiger charge is 2.09. The molecule has 0 atom stereocenters. The molecule has 0 spiro atoms. The lowest BCUT2D eigenvalue weighted by molar-refractivity contribution is 0.884. The lowest BCUT2D eigenvalue weighted by Gasteiger charge is -2.01. The van der Waals surface area contributed by atoms with Crippen LogP contribution in [-0.2, 0) is 6.42 Å². The third-order valence-corrected chi connectivity index (χ3v) is 3.40. The van der Waals surface area contributed by atoms with Gasteiger partial charge in [-0.2, -0.15) is 5.10 Å². The lowest BCUT2D eigenvalue weighted by atomic mass is 10.1. The fraction of sp³-hybridized carbons (Fsp3) is 0.118. The maximum absolute atomic E-state index is 6.10. The van der Waals surface area contributed by atoms with Gasteiger partial charge in [-0.25, -0.2) is 4.68 Å². The minimum atomic E-state index is 0.693. The number of anilines is 1. The summed E-state index contributed by atoms with van der Waals surface area (Å²) in [5, 5.41) is 4.60. The van der Waals surface area contributed by atoms with E-state index in [0.717, 1.165) is 23.4 Å². The molecule has 0 aliphatic rings. The molecule has 100 valence electrons. The van der Waals surface area contributed by atoms with Crippen molar-refractivity contribution >= 4 is 5.69 Å². The van der Waals surface area contributed by atoms with Crippen molar-refractivity contribution in [2.75, 3.05) is 5.73 Å². The number of benzene rings is 2. The van der Waals surface area contributed by atoms with Crippen LogP contribution in [0.2, 0.25) is 0 Å². The minimum absolute atomic E-state index is 0.693. The van der Waals surface area contributed by atoms with Crippen LogP contribution in [0.3, 0.4) is 0 Å². The molecule has 20 heavy (non-hydrogen) atoms. The molecule has 2 aromatic carbocycles. The van der Waals surface area contributed by atoms with Crippen molar-refractivity contribution in [1.29, 1.82) is 0 Å². The normalized spacial score (nSPS) is 10.7. The number of nitrogens with two attached hydrogens (primary N) is 1. The van der Waals surface area contributed by atoms with Gasteiger partial charge >= 0.3 is 0 Å². The van der Waals surface area contributed by atoms with Gasteiger partial charge in [0.2, 0.25) is 0 Å². The Bertz CT molecular complexity index is 697. The van der Waals surface area contributed by atoms with Crippen LogP contribution in [0.15, 0.2) is 60.8 Å². The Hall–Kier alpha value is -2.55. The summed E-state index contributed by atoms with van der Waals surface area (Å²) < 4.78 is 1.82. The van der Waals surface area contributed by atoms with Crippen LogP contribution in [0.4, 0.5) is 5.69 Å². The first-order valence-electron chi connectivity index (χ1n) is 6.78. The van der Waals surface area contributed by atoms with E-state index in [1.165, 1.54) is 5.56 Å². The van der Waals surface area contributed by atoms with Crippen LogP contribution in [0.5, 0.6) is 0 Å². The summed E-state index contributed by atoms with van der Waals surface area (Å²) in [5.74, 6) is 0. The van der Waals surface area contributed by atoms with E-state index in [0.29, 0.717) is 5.69 Å². The van der Waals surface area contributed by atoms with Crippen LogP contribution in [0.25, 0.3) is 16.9 Å². The van der Waals surface area contributed by atoms with Gasteiger partial charge in [-0.05, 0) is 24.1 Å². The summed E-state index contributed by atoms with van der Waals surface area (Å²) in [5.41, 5.74) is 11.0. The van der Waals surface area contributed by atoms with Crippen LogP contribution in [0.1, 0.15) is 12.5 Å². The second-order valence-electron chi connectivity index (χ2n) is 4.76. The van der Waals surface area contributed by atoms with Crippen molar-refractivity contribution < 1.29 is 0 Å². The average Bonchev–Trinajstić information content (AvgIpc) is 2.90. The second kappa shape index (κ2) is 5.21. The van der Waals surface area contributed by atoms with Crippen LogP contribution in [-0.4, -0.2) is 9.78 Å². The van der Waals surface area contributed by atoms with Crippen molar-refractivity contribution in [3.63, 3.8) is 0 Å². The molecule has 0 amide bonds. The van der Waals surface area contributed by atoms with E-state index in [4.69, 9.17) is 5.73 Å². The van der Waals surface area contributed by atoms with Gasteiger partial charge in [0.15, 0.2) is 0 Å². The number of nitrogens with zero attached hydrogens (tertiary/aromatic N) is 2. The maximum atomic E-state index is 6.10. The molecular formula is C17H17N3. The standard InChI is InChI=1S/C17H17N3/c1-2-13-8-10-14(11-9-13)17-16(18)12-20(19-17)15-6-4-3-5-7-15/h3-12H,2,18H2,1H3. The number of hydrogen-bond acceptors (Lipinski definition) is 2. The van der Waals surface area contributed by atoms with Crippen LogP contribution < -0.4 is 5.73 Å². The molecule has 0 bridgehead atoms. The molecule has 1 heterocycles. The van der Waals surface area contributed by atoms with E-state index < -0.39 is 0 Å². The van der Waals surface area contributed by atoms with Gasteiger partial charge in [0.25, 0.3) is 0 Å². The van der Waals surface area contributed by atoms with Crippen molar-refractivity contribution in [2.45, 2.75) is 13.3 Å². The fourth-order valence-electron chi connectivity index (χ4n) is 2.22. The third kappa shape index (κ3) is 2.30. The molecule has 3 rings (SSSR count). The number of aromatic nitrogens is 2. The molecule has 0 saturated heterocycles.